The Morgan fingerprint density at radius 1 is 1.18 bits per heavy atom. The number of piperazine rings is 1. The van der Waals surface area contributed by atoms with Gasteiger partial charge in [0.05, 0.1) is 10.9 Å². The minimum atomic E-state index is -0.676. The molecular weight excluding hydrogens is 474 g/mol. The lowest BCUT2D eigenvalue weighted by Gasteiger charge is -2.40. The van der Waals surface area contributed by atoms with E-state index in [-0.39, 0.29) is 24.3 Å². The van der Waals surface area contributed by atoms with E-state index in [9.17, 15) is 14.7 Å². The van der Waals surface area contributed by atoms with Gasteiger partial charge in [-0.25, -0.2) is 4.98 Å². The van der Waals surface area contributed by atoms with Crippen LogP contribution in [-0.4, -0.2) is 64.6 Å². The van der Waals surface area contributed by atoms with Gasteiger partial charge in [0.25, 0.3) is 0 Å². The SMILES string of the molecule is COC[C@H]1C(=O)N(Cc2ccc(-c3ccc(O)nc3)cc2)CCN1C(=O)/C=C/c1ccc(Cl)s1. The van der Waals surface area contributed by atoms with Gasteiger partial charge in [0.1, 0.15) is 6.04 Å². The first-order valence-electron chi connectivity index (χ1n) is 10.7. The number of thiophene rings is 1. The third-order valence-electron chi connectivity index (χ3n) is 5.58. The van der Waals surface area contributed by atoms with Crippen LogP contribution in [0.25, 0.3) is 17.2 Å². The summed E-state index contributed by atoms with van der Waals surface area (Å²) in [7, 11) is 1.52. The van der Waals surface area contributed by atoms with Crippen LogP contribution in [0.3, 0.4) is 0 Å². The van der Waals surface area contributed by atoms with Crippen LogP contribution in [-0.2, 0) is 20.9 Å². The van der Waals surface area contributed by atoms with Crippen molar-refractivity contribution in [2.24, 2.45) is 0 Å². The molecule has 1 aromatic carbocycles. The van der Waals surface area contributed by atoms with E-state index < -0.39 is 6.04 Å². The van der Waals surface area contributed by atoms with Crippen LogP contribution in [0.2, 0.25) is 4.34 Å². The van der Waals surface area contributed by atoms with Crippen LogP contribution in [0.5, 0.6) is 5.88 Å². The number of carbonyl (C=O) groups is 2. The number of pyridine rings is 1. The van der Waals surface area contributed by atoms with Gasteiger partial charge < -0.3 is 19.6 Å². The van der Waals surface area contributed by atoms with Crippen LogP contribution >= 0.6 is 22.9 Å². The average molecular weight is 498 g/mol. The Morgan fingerprint density at radius 3 is 2.59 bits per heavy atom. The Hall–Kier alpha value is -3.20. The standard InChI is InChI=1S/C25H24ClN3O4S/c1-33-16-21-25(32)28(12-13-29(21)24(31)11-8-20-7-9-22(26)34-20)15-17-2-4-18(5-3-17)19-6-10-23(30)27-14-19/h2-11,14,21H,12-13,15-16H2,1H3,(H,27,30)/b11-8+/t21-/m0/s1. The molecule has 1 atom stereocenters. The maximum atomic E-state index is 13.2. The number of carbonyl (C=O) groups excluding carboxylic acids is 2. The van der Waals surface area contributed by atoms with Crippen molar-refractivity contribution in [3.8, 4) is 17.0 Å². The molecule has 7 nitrogen and oxygen atoms in total. The van der Waals surface area contributed by atoms with Gasteiger partial charge in [0, 0.05) is 55.5 Å². The Morgan fingerprint density at radius 2 is 1.94 bits per heavy atom. The van der Waals surface area contributed by atoms with Crippen molar-refractivity contribution in [2.45, 2.75) is 12.6 Å². The molecular formula is C25H24ClN3O4S. The van der Waals surface area contributed by atoms with Crippen LogP contribution in [0, 0.1) is 0 Å². The summed E-state index contributed by atoms with van der Waals surface area (Å²) in [5.41, 5.74) is 2.84. The maximum absolute atomic E-state index is 13.2. The molecule has 0 unspecified atom stereocenters. The van der Waals surface area contributed by atoms with Crippen LogP contribution in [0.1, 0.15) is 10.4 Å². The van der Waals surface area contributed by atoms with E-state index in [2.05, 4.69) is 4.98 Å². The quantitative estimate of drug-likeness (QED) is 0.497. The Kier molecular flexibility index (Phi) is 7.62. The summed E-state index contributed by atoms with van der Waals surface area (Å²) in [5.74, 6) is -0.388. The lowest BCUT2D eigenvalue weighted by molar-refractivity contribution is -0.152. The molecule has 2 amide bonds. The van der Waals surface area contributed by atoms with E-state index in [4.69, 9.17) is 16.3 Å². The van der Waals surface area contributed by atoms with Gasteiger partial charge in [-0.3, -0.25) is 9.59 Å². The monoisotopic (exact) mass is 497 g/mol. The minimum Gasteiger partial charge on any atom is -0.493 e. The molecule has 1 saturated heterocycles. The smallest absolute Gasteiger partial charge is 0.248 e. The highest BCUT2D eigenvalue weighted by Crippen LogP contribution is 2.24. The molecule has 0 bridgehead atoms. The number of hydrogen-bond acceptors (Lipinski definition) is 6. The van der Waals surface area contributed by atoms with Crippen molar-refractivity contribution >= 4 is 40.8 Å². The Labute approximate surface area is 206 Å². The molecule has 0 spiro atoms. The normalized spacial score (nSPS) is 16.4. The zero-order valence-corrected chi connectivity index (χ0v) is 20.1. The van der Waals surface area contributed by atoms with E-state index in [1.807, 2.05) is 30.3 Å². The molecule has 1 aliphatic rings. The van der Waals surface area contributed by atoms with Gasteiger partial charge >= 0.3 is 0 Å². The van der Waals surface area contributed by atoms with Crippen molar-refractivity contribution in [3.05, 3.63) is 75.6 Å². The molecule has 1 N–H and O–H groups in total. The summed E-state index contributed by atoms with van der Waals surface area (Å²) < 4.78 is 5.92. The van der Waals surface area contributed by atoms with Crippen LogP contribution in [0.4, 0.5) is 0 Å². The Balaban J connectivity index is 1.42. The maximum Gasteiger partial charge on any atom is 0.248 e. The van der Waals surface area contributed by atoms with E-state index in [0.717, 1.165) is 21.6 Å². The third kappa shape index (κ3) is 5.64. The van der Waals surface area contributed by atoms with Crippen molar-refractivity contribution < 1.29 is 19.4 Å². The van der Waals surface area contributed by atoms with Crippen molar-refractivity contribution in [1.29, 1.82) is 0 Å². The average Bonchev–Trinajstić information content (AvgIpc) is 3.26. The molecule has 1 fully saturated rings. The zero-order chi connectivity index (χ0) is 24.1. The van der Waals surface area contributed by atoms with Crippen LogP contribution in [0.15, 0.2) is 60.8 Å². The van der Waals surface area contributed by atoms with Crippen molar-refractivity contribution in [1.82, 2.24) is 14.8 Å². The first kappa shape index (κ1) is 23.9. The molecule has 3 aromatic rings. The highest BCUT2D eigenvalue weighted by molar-refractivity contribution is 7.17. The summed E-state index contributed by atoms with van der Waals surface area (Å²) in [4.78, 5) is 34.1. The van der Waals surface area contributed by atoms with Crippen molar-refractivity contribution in [3.63, 3.8) is 0 Å². The summed E-state index contributed by atoms with van der Waals surface area (Å²) in [5, 5.41) is 9.36. The summed E-state index contributed by atoms with van der Waals surface area (Å²) >= 11 is 7.33. The second kappa shape index (κ2) is 10.8. The number of methoxy groups -OCH3 is 1. The highest BCUT2D eigenvalue weighted by atomic mass is 35.5. The van der Waals surface area contributed by atoms with E-state index >= 15 is 0 Å². The number of amides is 2. The Bertz CT molecular complexity index is 1180. The fraction of sp³-hybridized carbons (Fsp3) is 0.240. The second-order valence-corrected chi connectivity index (χ2v) is 9.59. The largest absolute Gasteiger partial charge is 0.493 e. The molecule has 176 valence electrons. The first-order chi connectivity index (χ1) is 16.4. The predicted molar refractivity (Wildman–Crippen MR) is 132 cm³/mol. The van der Waals surface area contributed by atoms with Gasteiger partial charge in [-0.1, -0.05) is 35.9 Å². The topological polar surface area (TPSA) is 83.0 Å². The van der Waals surface area contributed by atoms with Gasteiger partial charge in [0.2, 0.25) is 17.7 Å². The second-order valence-electron chi connectivity index (χ2n) is 7.84. The van der Waals surface area contributed by atoms with E-state index in [1.54, 1.807) is 40.3 Å². The molecule has 9 heteroatoms. The molecule has 4 rings (SSSR count). The lowest BCUT2D eigenvalue weighted by Crippen LogP contribution is -2.59. The van der Waals surface area contributed by atoms with Gasteiger partial charge in [-0.2, -0.15) is 0 Å². The number of aromatic nitrogens is 1. The zero-order valence-electron chi connectivity index (χ0n) is 18.6. The van der Waals surface area contributed by atoms with Crippen LogP contribution < -0.4 is 0 Å². The third-order valence-corrected chi connectivity index (χ3v) is 6.78. The molecule has 3 heterocycles. The number of halogens is 1. The molecule has 1 aliphatic heterocycles. The predicted octanol–water partition coefficient (Wildman–Crippen LogP) is 4.07. The first-order valence-corrected chi connectivity index (χ1v) is 11.9. The number of rotatable bonds is 7. The summed E-state index contributed by atoms with van der Waals surface area (Å²) in [6, 6.07) is 14.1. The fourth-order valence-corrected chi connectivity index (χ4v) is 4.79. The number of ether oxygens (including phenoxy) is 1. The number of aromatic hydroxyl groups is 1. The summed E-state index contributed by atoms with van der Waals surface area (Å²) in [6.07, 6.45) is 4.80. The lowest BCUT2D eigenvalue weighted by atomic mass is 10.0. The number of hydrogen-bond donors (Lipinski definition) is 1. The molecule has 0 saturated carbocycles. The fourth-order valence-electron chi connectivity index (χ4n) is 3.83. The van der Waals surface area contributed by atoms with Gasteiger partial charge in [-0.05, 0) is 35.4 Å². The van der Waals surface area contributed by atoms with E-state index in [1.165, 1.54) is 24.5 Å². The van der Waals surface area contributed by atoms with Crippen molar-refractivity contribution in [2.75, 3.05) is 26.8 Å². The minimum absolute atomic E-state index is 0.0199. The highest BCUT2D eigenvalue weighted by Gasteiger charge is 2.36. The molecule has 0 radical (unpaired) electrons. The van der Waals surface area contributed by atoms with E-state index in [0.29, 0.717) is 24.0 Å². The number of benzene rings is 1. The number of nitrogens with zero attached hydrogens (tertiary/aromatic N) is 3. The molecule has 2 aromatic heterocycles. The van der Waals surface area contributed by atoms with Gasteiger partial charge in [0.15, 0.2) is 0 Å². The summed E-state index contributed by atoms with van der Waals surface area (Å²) in [6.45, 7) is 1.43. The van der Waals surface area contributed by atoms with Gasteiger partial charge in [-0.15, -0.1) is 11.3 Å². The molecule has 0 aliphatic carbocycles. The molecule has 34 heavy (non-hydrogen) atoms.